The Balaban J connectivity index is 0.000000561. The van der Waals surface area contributed by atoms with Crippen LogP contribution in [0, 0.1) is 6.92 Å². The van der Waals surface area contributed by atoms with E-state index in [4.69, 9.17) is 23.1 Å². The maximum absolute atomic E-state index is 5.61. The Hall–Kier alpha value is -1.03. The third-order valence-corrected chi connectivity index (χ3v) is 1.51. The molecule has 1 rings (SSSR count). The van der Waals surface area contributed by atoms with Crippen LogP contribution in [0.5, 0.6) is 0 Å². The van der Waals surface area contributed by atoms with Crippen molar-refractivity contribution in [3.05, 3.63) is 10.7 Å². The van der Waals surface area contributed by atoms with Crippen molar-refractivity contribution in [2.24, 2.45) is 0 Å². The van der Waals surface area contributed by atoms with Crippen molar-refractivity contribution in [2.45, 2.75) is 20.8 Å². The van der Waals surface area contributed by atoms with Gasteiger partial charge in [0, 0.05) is 5.56 Å². The molecule has 1 aromatic rings. The molecular formula is C7H13ClN4. The van der Waals surface area contributed by atoms with Gasteiger partial charge in [0.25, 0.3) is 0 Å². The predicted octanol–water partition coefficient (Wildman–Crippen LogP) is 1.63. The molecule has 0 unspecified atom stereocenters. The molecule has 0 saturated carbocycles. The van der Waals surface area contributed by atoms with E-state index in [0.29, 0.717) is 16.5 Å². The summed E-state index contributed by atoms with van der Waals surface area (Å²) in [5.74, 6) is 0.436. The molecule has 0 aliphatic carbocycles. The van der Waals surface area contributed by atoms with Crippen molar-refractivity contribution < 1.29 is 0 Å². The van der Waals surface area contributed by atoms with Gasteiger partial charge in [0.15, 0.2) is 0 Å². The normalized spacial score (nSPS) is 8.67. The Labute approximate surface area is 77.0 Å². The highest BCUT2D eigenvalue weighted by Crippen LogP contribution is 2.16. The lowest BCUT2D eigenvalue weighted by Gasteiger charge is -2.00. The highest BCUT2D eigenvalue weighted by molar-refractivity contribution is 6.30. The van der Waals surface area contributed by atoms with E-state index in [1.807, 2.05) is 13.8 Å². The monoisotopic (exact) mass is 188 g/mol. The van der Waals surface area contributed by atoms with Gasteiger partial charge < -0.3 is 11.5 Å². The molecule has 4 N–H and O–H groups in total. The standard InChI is InChI=1S/C5H7ClN4.C2H6/c1-2-3(6)9-5(8)10-4(2)7;1-2/h1H3,(H4,7,8,9,10);1-2H3. The van der Waals surface area contributed by atoms with Crippen LogP contribution in [-0.2, 0) is 0 Å². The molecule has 0 amide bonds. The van der Waals surface area contributed by atoms with Gasteiger partial charge in [-0.2, -0.15) is 4.98 Å². The number of halogens is 1. The zero-order valence-electron chi connectivity index (χ0n) is 7.43. The van der Waals surface area contributed by atoms with E-state index < -0.39 is 0 Å². The summed E-state index contributed by atoms with van der Waals surface area (Å²) in [5, 5.41) is 0.310. The first-order valence-corrected chi connectivity index (χ1v) is 4.04. The van der Waals surface area contributed by atoms with Gasteiger partial charge in [0.2, 0.25) is 5.95 Å². The van der Waals surface area contributed by atoms with Crippen molar-refractivity contribution in [3.63, 3.8) is 0 Å². The molecule has 0 aromatic carbocycles. The van der Waals surface area contributed by atoms with E-state index in [2.05, 4.69) is 9.97 Å². The Morgan fingerprint density at radius 1 is 1.17 bits per heavy atom. The summed E-state index contributed by atoms with van der Waals surface area (Å²) in [6.07, 6.45) is 0. The minimum absolute atomic E-state index is 0.105. The SMILES string of the molecule is CC.Cc1c(N)nc(N)nc1Cl. The first kappa shape index (κ1) is 11.0. The van der Waals surface area contributed by atoms with Crippen LogP contribution in [-0.4, -0.2) is 9.97 Å². The zero-order valence-corrected chi connectivity index (χ0v) is 8.18. The van der Waals surface area contributed by atoms with E-state index in [9.17, 15) is 0 Å². The van der Waals surface area contributed by atoms with Crippen molar-refractivity contribution in [2.75, 3.05) is 11.5 Å². The van der Waals surface area contributed by atoms with Crippen LogP contribution in [0.2, 0.25) is 5.15 Å². The van der Waals surface area contributed by atoms with Crippen molar-refractivity contribution in [1.82, 2.24) is 9.97 Å². The van der Waals surface area contributed by atoms with Gasteiger partial charge in [-0.3, -0.25) is 0 Å². The van der Waals surface area contributed by atoms with E-state index in [0.717, 1.165) is 0 Å². The fourth-order valence-electron chi connectivity index (χ4n) is 0.522. The number of nitrogen functional groups attached to an aromatic ring is 2. The lowest BCUT2D eigenvalue weighted by molar-refractivity contribution is 1.16. The summed E-state index contributed by atoms with van der Waals surface area (Å²) < 4.78 is 0. The summed E-state index contributed by atoms with van der Waals surface area (Å²) in [6, 6.07) is 0. The molecule has 0 atom stereocenters. The Kier molecular flexibility index (Phi) is 4.36. The average Bonchev–Trinajstić information content (AvgIpc) is 2.04. The molecule has 0 radical (unpaired) electrons. The molecule has 5 heteroatoms. The molecule has 0 fully saturated rings. The van der Waals surface area contributed by atoms with Crippen LogP contribution in [0.1, 0.15) is 19.4 Å². The van der Waals surface area contributed by atoms with Crippen molar-refractivity contribution in [3.8, 4) is 0 Å². The molecule has 4 nitrogen and oxygen atoms in total. The number of nitrogens with zero attached hydrogens (tertiary/aromatic N) is 2. The number of hydrogen-bond acceptors (Lipinski definition) is 4. The first-order valence-electron chi connectivity index (χ1n) is 3.66. The Morgan fingerprint density at radius 3 is 2.08 bits per heavy atom. The van der Waals surface area contributed by atoms with Gasteiger partial charge in [0.05, 0.1) is 0 Å². The number of nitrogens with two attached hydrogens (primary N) is 2. The number of hydrogen-bond donors (Lipinski definition) is 2. The van der Waals surface area contributed by atoms with Gasteiger partial charge in [-0.1, -0.05) is 25.4 Å². The molecule has 0 bridgehead atoms. The number of rotatable bonds is 0. The predicted molar refractivity (Wildman–Crippen MR) is 52.0 cm³/mol. The summed E-state index contributed by atoms with van der Waals surface area (Å²) in [7, 11) is 0. The van der Waals surface area contributed by atoms with Crippen molar-refractivity contribution in [1.29, 1.82) is 0 Å². The summed E-state index contributed by atoms with van der Waals surface area (Å²) in [6.45, 7) is 5.73. The van der Waals surface area contributed by atoms with E-state index in [1.165, 1.54) is 0 Å². The third kappa shape index (κ3) is 2.54. The second-order valence-electron chi connectivity index (χ2n) is 1.88. The lowest BCUT2D eigenvalue weighted by atomic mass is 10.3. The molecule has 1 aromatic heterocycles. The zero-order chi connectivity index (χ0) is 9.72. The Morgan fingerprint density at radius 2 is 1.67 bits per heavy atom. The topological polar surface area (TPSA) is 77.8 Å². The molecule has 12 heavy (non-hydrogen) atoms. The summed E-state index contributed by atoms with van der Waals surface area (Å²) >= 11 is 5.61. The maximum atomic E-state index is 5.61. The molecule has 0 aliphatic heterocycles. The van der Waals surface area contributed by atoms with Crippen LogP contribution >= 0.6 is 11.6 Å². The molecule has 68 valence electrons. The van der Waals surface area contributed by atoms with Gasteiger partial charge in [-0.25, -0.2) is 4.98 Å². The highest BCUT2D eigenvalue weighted by atomic mass is 35.5. The minimum atomic E-state index is 0.105. The van der Waals surface area contributed by atoms with Crippen LogP contribution in [0.4, 0.5) is 11.8 Å². The van der Waals surface area contributed by atoms with Gasteiger partial charge in [0.1, 0.15) is 11.0 Å². The largest absolute Gasteiger partial charge is 0.383 e. The van der Waals surface area contributed by atoms with E-state index in [1.54, 1.807) is 6.92 Å². The van der Waals surface area contributed by atoms with Crippen molar-refractivity contribution >= 4 is 23.4 Å². The van der Waals surface area contributed by atoms with Gasteiger partial charge >= 0.3 is 0 Å². The number of aromatic nitrogens is 2. The highest BCUT2D eigenvalue weighted by Gasteiger charge is 2.02. The van der Waals surface area contributed by atoms with Gasteiger partial charge in [-0.15, -0.1) is 0 Å². The molecular weight excluding hydrogens is 176 g/mol. The quantitative estimate of drug-likeness (QED) is 0.607. The number of anilines is 2. The molecule has 0 saturated heterocycles. The second kappa shape index (κ2) is 4.77. The average molecular weight is 189 g/mol. The Bertz CT molecular complexity index is 239. The van der Waals surface area contributed by atoms with Crippen LogP contribution in [0.3, 0.4) is 0 Å². The van der Waals surface area contributed by atoms with E-state index >= 15 is 0 Å². The van der Waals surface area contributed by atoms with Crippen LogP contribution in [0.25, 0.3) is 0 Å². The molecule has 0 aliphatic rings. The summed E-state index contributed by atoms with van der Waals surface area (Å²) in [4.78, 5) is 7.38. The van der Waals surface area contributed by atoms with Crippen LogP contribution < -0.4 is 11.5 Å². The fourth-order valence-corrected chi connectivity index (χ4v) is 0.706. The minimum Gasteiger partial charge on any atom is -0.383 e. The lowest BCUT2D eigenvalue weighted by Crippen LogP contribution is -2.02. The molecule has 1 heterocycles. The summed E-state index contributed by atoms with van der Waals surface area (Å²) in [5.41, 5.74) is 11.3. The van der Waals surface area contributed by atoms with Crippen LogP contribution in [0.15, 0.2) is 0 Å². The first-order chi connectivity index (χ1) is 5.61. The smallest absolute Gasteiger partial charge is 0.223 e. The molecule has 0 spiro atoms. The maximum Gasteiger partial charge on any atom is 0.223 e. The fraction of sp³-hybridized carbons (Fsp3) is 0.429. The van der Waals surface area contributed by atoms with Gasteiger partial charge in [-0.05, 0) is 6.92 Å². The second-order valence-corrected chi connectivity index (χ2v) is 2.24. The third-order valence-electron chi connectivity index (χ3n) is 1.14. The van der Waals surface area contributed by atoms with E-state index in [-0.39, 0.29) is 5.95 Å².